The van der Waals surface area contributed by atoms with E-state index in [4.69, 9.17) is 4.74 Å². The number of nitrogens with zero attached hydrogens (tertiary/aromatic N) is 1. The minimum absolute atomic E-state index is 0.0895. The average molecular weight is 704 g/mol. The molecule has 13 heteroatoms. The van der Waals surface area contributed by atoms with Crippen molar-refractivity contribution >= 4 is 23.6 Å². The van der Waals surface area contributed by atoms with Gasteiger partial charge in [0.2, 0.25) is 11.8 Å². The average Bonchev–Trinajstić information content (AvgIpc) is 3.33. The molecule has 0 unspecified atom stereocenters. The molecule has 2 amide bonds. The number of allylic oxidation sites excluding steroid dienone is 1. The number of rotatable bonds is 11. The van der Waals surface area contributed by atoms with Gasteiger partial charge in [0.15, 0.2) is 0 Å². The van der Waals surface area contributed by atoms with Crippen LogP contribution in [0.5, 0.6) is 11.5 Å². The van der Waals surface area contributed by atoms with Gasteiger partial charge >= 0.3 is 12.4 Å². The van der Waals surface area contributed by atoms with Crippen LogP contribution in [0, 0.1) is 17.8 Å². The highest BCUT2D eigenvalue weighted by Gasteiger charge is 2.56. The maximum Gasteiger partial charge on any atom is 0.416 e. The Morgan fingerprint density at radius 1 is 0.940 bits per heavy atom. The number of imide groups is 1. The van der Waals surface area contributed by atoms with E-state index in [-0.39, 0.29) is 36.8 Å². The number of anilines is 1. The molecule has 7 nitrogen and oxygen atoms in total. The van der Waals surface area contributed by atoms with Gasteiger partial charge in [-0.25, -0.2) is 4.90 Å². The number of phenols is 1. The van der Waals surface area contributed by atoms with Crippen LogP contribution in [-0.4, -0.2) is 46.5 Å². The SMILES string of the molecule is CC/C(=C\c1ccc(O)cc1)CC[C@@H](O)C1=C(COc2ccccc2)C[C@H]2C(=O)N(c3cc(C(F)(F)F)cc(C(F)(F)F)c3)C(=O)[C@H]2[C@H]1CO. The number of aliphatic hydroxyl groups is 2. The molecule has 50 heavy (non-hydrogen) atoms. The largest absolute Gasteiger partial charge is 0.508 e. The molecule has 3 aromatic carbocycles. The molecule has 266 valence electrons. The van der Waals surface area contributed by atoms with Gasteiger partial charge in [-0.1, -0.05) is 48.9 Å². The summed E-state index contributed by atoms with van der Waals surface area (Å²) < 4.78 is 88.1. The number of hydrogen-bond donors (Lipinski definition) is 3. The molecule has 0 radical (unpaired) electrons. The summed E-state index contributed by atoms with van der Waals surface area (Å²) in [6.07, 6.45) is -8.83. The molecule has 0 spiro atoms. The fraction of sp³-hybridized carbons (Fsp3) is 0.351. The molecule has 3 N–H and O–H groups in total. The maximum absolute atomic E-state index is 13.9. The first-order chi connectivity index (χ1) is 23.6. The summed E-state index contributed by atoms with van der Waals surface area (Å²) in [7, 11) is 0. The van der Waals surface area contributed by atoms with Gasteiger partial charge in [-0.15, -0.1) is 0 Å². The van der Waals surface area contributed by atoms with Gasteiger partial charge in [-0.3, -0.25) is 9.59 Å². The lowest BCUT2D eigenvalue weighted by Gasteiger charge is -2.36. The number of alkyl halides is 6. The molecule has 5 rings (SSSR count). The Labute approximate surface area is 284 Å². The van der Waals surface area contributed by atoms with E-state index in [2.05, 4.69) is 0 Å². The highest BCUT2D eigenvalue weighted by molar-refractivity contribution is 6.22. The van der Waals surface area contributed by atoms with Crippen LogP contribution in [0.2, 0.25) is 0 Å². The molecule has 1 saturated heterocycles. The van der Waals surface area contributed by atoms with Gasteiger partial charge in [-0.05, 0) is 84.9 Å². The number of carbonyl (C=O) groups is 2. The Morgan fingerprint density at radius 2 is 1.56 bits per heavy atom. The molecular weight excluding hydrogens is 668 g/mol. The number of carbonyl (C=O) groups excluding carboxylic acids is 2. The fourth-order valence-electron chi connectivity index (χ4n) is 6.74. The van der Waals surface area contributed by atoms with E-state index >= 15 is 0 Å². The summed E-state index contributed by atoms with van der Waals surface area (Å²) in [5, 5.41) is 31.9. The number of aliphatic hydroxyl groups excluding tert-OH is 2. The number of benzene rings is 3. The van der Waals surface area contributed by atoms with Crippen LogP contribution in [0.25, 0.3) is 6.08 Å². The number of phenolic OH excluding ortho intramolecular Hbond substituents is 1. The number of amides is 2. The van der Waals surface area contributed by atoms with Gasteiger partial charge in [0.1, 0.15) is 18.1 Å². The molecule has 0 bridgehead atoms. The molecule has 0 saturated carbocycles. The third-order valence-corrected chi connectivity index (χ3v) is 9.18. The second kappa shape index (κ2) is 14.7. The first-order valence-corrected chi connectivity index (χ1v) is 16.0. The first kappa shape index (κ1) is 36.7. The number of ether oxygens (including phenoxy) is 1. The topological polar surface area (TPSA) is 107 Å². The summed E-state index contributed by atoms with van der Waals surface area (Å²) in [5.74, 6) is -5.32. The van der Waals surface area contributed by atoms with Crippen LogP contribution in [-0.2, 0) is 21.9 Å². The Morgan fingerprint density at radius 3 is 2.12 bits per heavy atom. The van der Waals surface area contributed by atoms with E-state index in [1.165, 1.54) is 12.1 Å². The van der Waals surface area contributed by atoms with Gasteiger partial charge in [0, 0.05) is 5.92 Å². The minimum atomic E-state index is -5.21. The van der Waals surface area contributed by atoms with E-state index in [1.807, 2.05) is 13.0 Å². The molecule has 2 aliphatic rings. The van der Waals surface area contributed by atoms with Crippen LogP contribution in [0.1, 0.15) is 49.3 Å². The number of halogens is 6. The second-order valence-electron chi connectivity index (χ2n) is 12.4. The molecule has 0 aromatic heterocycles. The summed E-state index contributed by atoms with van der Waals surface area (Å²) in [6, 6.07) is 15.6. The Hall–Kier alpha value is -4.62. The smallest absolute Gasteiger partial charge is 0.416 e. The quantitative estimate of drug-likeness (QED) is 0.108. The molecule has 1 aliphatic carbocycles. The minimum Gasteiger partial charge on any atom is -0.508 e. The van der Waals surface area contributed by atoms with Crippen LogP contribution in [0.15, 0.2) is 89.5 Å². The molecule has 1 aliphatic heterocycles. The lowest BCUT2D eigenvalue weighted by molar-refractivity contribution is -0.143. The molecule has 3 aromatic rings. The Bertz CT molecular complexity index is 1740. The van der Waals surface area contributed by atoms with Crippen LogP contribution in [0.4, 0.5) is 32.0 Å². The van der Waals surface area contributed by atoms with Gasteiger partial charge < -0.3 is 20.1 Å². The summed E-state index contributed by atoms with van der Waals surface area (Å²) in [4.78, 5) is 28.0. The number of fused-ring (bicyclic) bond motifs is 1. The van der Waals surface area contributed by atoms with Crippen LogP contribution < -0.4 is 9.64 Å². The first-order valence-electron chi connectivity index (χ1n) is 16.0. The molecule has 4 atom stereocenters. The third kappa shape index (κ3) is 7.89. The predicted molar refractivity (Wildman–Crippen MR) is 172 cm³/mol. The van der Waals surface area contributed by atoms with Gasteiger partial charge in [0.05, 0.1) is 41.4 Å². The number of hydrogen-bond acceptors (Lipinski definition) is 6. The Kier molecular flexibility index (Phi) is 10.8. The zero-order valence-corrected chi connectivity index (χ0v) is 26.8. The van der Waals surface area contributed by atoms with Gasteiger partial charge in [-0.2, -0.15) is 26.3 Å². The Balaban J connectivity index is 1.50. The van der Waals surface area contributed by atoms with Crippen molar-refractivity contribution in [3.63, 3.8) is 0 Å². The van der Waals surface area contributed by atoms with Crippen LogP contribution >= 0.6 is 0 Å². The van der Waals surface area contributed by atoms with Gasteiger partial charge in [0.25, 0.3) is 0 Å². The number of aromatic hydroxyl groups is 1. The third-order valence-electron chi connectivity index (χ3n) is 9.18. The predicted octanol–water partition coefficient (Wildman–Crippen LogP) is 7.56. The van der Waals surface area contributed by atoms with Crippen molar-refractivity contribution in [1.82, 2.24) is 0 Å². The van der Waals surface area contributed by atoms with E-state index in [0.29, 0.717) is 41.2 Å². The van der Waals surface area contributed by atoms with Crippen molar-refractivity contribution in [2.24, 2.45) is 17.8 Å². The van der Waals surface area contributed by atoms with Crippen molar-refractivity contribution in [3.05, 3.63) is 106 Å². The number of para-hydroxylation sites is 1. The van der Waals surface area contributed by atoms with E-state index in [9.17, 15) is 51.3 Å². The summed E-state index contributed by atoms with van der Waals surface area (Å²) in [5.41, 5.74) is -1.86. The van der Waals surface area contributed by atoms with Crippen molar-refractivity contribution in [1.29, 1.82) is 0 Å². The van der Waals surface area contributed by atoms with Crippen molar-refractivity contribution < 1.29 is 56.0 Å². The van der Waals surface area contributed by atoms with Crippen molar-refractivity contribution in [3.8, 4) is 11.5 Å². The van der Waals surface area contributed by atoms with Crippen LogP contribution in [0.3, 0.4) is 0 Å². The fourth-order valence-corrected chi connectivity index (χ4v) is 6.74. The monoisotopic (exact) mass is 703 g/mol. The lowest BCUT2D eigenvalue weighted by atomic mass is 9.68. The zero-order chi connectivity index (χ0) is 36.4. The van der Waals surface area contributed by atoms with E-state index < -0.39 is 71.4 Å². The lowest BCUT2D eigenvalue weighted by Crippen LogP contribution is -2.40. The maximum atomic E-state index is 13.9. The highest BCUT2D eigenvalue weighted by atomic mass is 19.4. The highest BCUT2D eigenvalue weighted by Crippen LogP contribution is 2.48. The molecule has 1 fully saturated rings. The second-order valence-corrected chi connectivity index (χ2v) is 12.4. The van der Waals surface area contributed by atoms with Crippen molar-refractivity contribution in [2.45, 2.75) is 51.1 Å². The van der Waals surface area contributed by atoms with Crippen molar-refractivity contribution in [2.75, 3.05) is 18.1 Å². The van der Waals surface area contributed by atoms with E-state index in [1.54, 1.807) is 42.5 Å². The normalized spacial score (nSPS) is 20.7. The summed E-state index contributed by atoms with van der Waals surface area (Å²) >= 11 is 0. The van der Waals surface area contributed by atoms with E-state index in [0.717, 1.165) is 11.1 Å². The zero-order valence-electron chi connectivity index (χ0n) is 26.8. The standard InChI is InChI=1S/C37H35F6NO6/c1-2-21(14-22-8-11-27(46)12-9-22)10-13-31(47)32-23(20-50-28-6-4-3-5-7-28)15-29-33(30(32)19-45)35(49)44(34(29)48)26-17-24(36(38,39)40)16-25(18-26)37(41,42)43/h3-9,11-12,14,16-18,29-31,33,45-47H,2,10,13,15,19-20H2,1H3/b21-14+/t29-,30+,31-,33-/m1/s1. The molecule has 1 heterocycles. The molecular formula is C37H35F6NO6. The summed E-state index contributed by atoms with van der Waals surface area (Å²) in [6.45, 7) is 1.02.